The molecule has 0 aliphatic heterocycles. The van der Waals surface area contributed by atoms with E-state index < -0.39 is 0 Å². The van der Waals surface area contributed by atoms with Crippen LogP contribution < -0.4 is 5.32 Å². The molecule has 0 aromatic carbocycles. The molecule has 0 saturated heterocycles. The highest BCUT2D eigenvalue weighted by Gasteiger charge is 2.11. The van der Waals surface area contributed by atoms with Crippen molar-refractivity contribution in [3.8, 4) is 11.1 Å². The molecule has 1 atom stereocenters. The lowest BCUT2D eigenvalue weighted by Crippen LogP contribution is -2.17. The van der Waals surface area contributed by atoms with Crippen molar-refractivity contribution in [2.24, 2.45) is 0 Å². The van der Waals surface area contributed by atoms with Crippen LogP contribution in [0.5, 0.6) is 0 Å². The number of nitrogens with zero attached hydrogens (tertiary/aromatic N) is 4. The zero-order valence-electron chi connectivity index (χ0n) is 14.4. The maximum absolute atomic E-state index is 4.56. The molecule has 2 N–H and O–H groups in total. The van der Waals surface area contributed by atoms with Crippen LogP contribution in [-0.2, 0) is 0 Å². The molecule has 3 aromatic heterocycles. The van der Waals surface area contributed by atoms with Crippen LogP contribution in [0, 0.1) is 0 Å². The maximum atomic E-state index is 4.56. The van der Waals surface area contributed by atoms with Gasteiger partial charge in [0.15, 0.2) is 0 Å². The predicted molar refractivity (Wildman–Crippen MR) is 97.5 cm³/mol. The summed E-state index contributed by atoms with van der Waals surface area (Å²) in [5, 5.41) is 8.69. The second kappa shape index (κ2) is 7.21. The first-order valence-corrected chi connectivity index (χ1v) is 8.20. The van der Waals surface area contributed by atoms with Crippen molar-refractivity contribution in [1.29, 1.82) is 0 Å². The van der Waals surface area contributed by atoms with Crippen LogP contribution in [0.3, 0.4) is 0 Å². The van der Waals surface area contributed by atoms with E-state index in [2.05, 4.69) is 51.5 Å². The molecule has 24 heavy (non-hydrogen) atoms. The van der Waals surface area contributed by atoms with Crippen molar-refractivity contribution >= 4 is 11.0 Å². The lowest BCUT2D eigenvalue weighted by Gasteiger charge is -2.18. The Morgan fingerprint density at radius 1 is 1.42 bits per heavy atom. The number of nitrogens with one attached hydrogen (secondary N) is 2. The van der Waals surface area contributed by atoms with Gasteiger partial charge in [0.05, 0.1) is 12.2 Å². The van der Waals surface area contributed by atoms with E-state index in [-0.39, 0.29) is 0 Å². The highest BCUT2D eigenvalue weighted by Crippen LogP contribution is 2.27. The molecule has 0 saturated carbocycles. The molecule has 1 unspecified atom stereocenters. The number of hydrogen-bond acceptors (Lipinski definition) is 4. The van der Waals surface area contributed by atoms with Gasteiger partial charge in [-0.05, 0) is 31.0 Å². The molecule has 6 nitrogen and oxygen atoms in total. The summed E-state index contributed by atoms with van der Waals surface area (Å²) in [6.07, 6.45) is 12.8. The van der Waals surface area contributed by atoms with Gasteiger partial charge in [0.1, 0.15) is 5.65 Å². The monoisotopic (exact) mass is 324 g/mol. The number of H-pyrrole nitrogens is 1. The Morgan fingerprint density at radius 3 is 3.12 bits per heavy atom. The Balaban J connectivity index is 1.71. The Morgan fingerprint density at radius 2 is 2.29 bits per heavy atom. The minimum atomic E-state index is 0.340. The quantitative estimate of drug-likeness (QED) is 0.701. The van der Waals surface area contributed by atoms with Gasteiger partial charge in [-0.3, -0.25) is 4.68 Å². The standard InChI is InChI=1S/C18H24N6/c1-14(6-10-23(3)11-9-19-2)24-13-15(12-22-24)16-4-7-20-18-17(16)5-8-21-18/h4-5,7-9,11-14,19H,6,10H2,1-3H3,(H,20,21)/b11-9-. The third-order valence-corrected chi connectivity index (χ3v) is 4.22. The third-order valence-electron chi connectivity index (χ3n) is 4.22. The smallest absolute Gasteiger partial charge is 0.137 e. The highest BCUT2D eigenvalue weighted by molar-refractivity contribution is 5.92. The van der Waals surface area contributed by atoms with Crippen LogP contribution >= 0.6 is 0 Å². The normalized spacial score (nSPS) is 12.8. The van der Waals surface area contributed by atoms with E-state index in [0.717, 1.165) is 35.1 Å². The summed E-state index contributed by atoms with van der Waals surface area (Å²) < 4.78 is 2.05. The van der Waals surface area contributed by atoms with Crippen molar-refractivity contribution in [3.05, 3.63) is 49.3 Å². The van der Waals surface area contributed by atoms with E-state index in [4.69, 9.17) is 0 Å². The fraction of sp³-hybridized carbons (Fsp3) is 0.333. The summed E-state index contributed by atoms with van der Waals surface area (Å²) in [5.74, 6) is 0. The molecule has 0 fully saturated rings. The number of pyridine rings is 1. The predicted octanol–water partition coefficient (Wildman–Crippen LogP) is 3.00. The van der Waals surface area contributed by atoms with E-state index in [1.807, 2.05) is 48.8 Å². The van der Waals surface area contributed by atoms with Crippen LogP contribution in [0.2, 0.25) is 0 Å². The van der Waals surface area contributed by atoms with Crippen molar-refractivity contribution < 1.29 is 0 Å². The van der Waals surface area contributed by atoms with E-state index in [9.17, 15) is 0 Å². The van der Waals surface area contributed by atoms with Crippen molar-refractivity contribution in [2.45, 2.75) is 19.4 Å². The van der Waals surface area contributed by atoms with Gasteiger partial charge in [-0.15, -0.1) is 0 Å². The summed E-state index contributed by atoms with van der Waals surface area (Å²) >= 11 is 0. The van der Waals surface area contributed by atoms with Gasteiger partial charge in [-0.2, -0.15) is 5.10 Å². The molecule has 3 rings (SSSR count). The topological polar surface area (TPSA) is 61.8 Å². The number of fused-ring (bicyclic) bond motifs is 1. The van der Waals surface area contributed by atoms with Gasteiger partial charge < -0.3 is 15.2 Å². The van der Waals surface area contributed by atoms with E-state index >= 15 is 0 Å². The second-order valence-electron chi connectivity index (χ2n) is 6.03. The lowest BCUT2D eigenvalue weighted by atomic mass is 10.1. The van der Waals surface area contributed by atoms with Gasteiger partial charge in [0.2, 0.25) is 0 Å². The average Bonchev–Trinajstić information content (AvgIpc) is 3.26. The Labute approximate surface area is 142 Å². The zero-order chi connectivity index (χ0) is 16.9. The number of hydrogen-bond donors (Lipinski definition) is 2. The minimum absolute atomic E-state index is 0.340. The third kappa shape index (κ3) is 3.42. The van der Waals surface area contributed by atoms with Gasteiger partial charge in [0.25, 0.3) is 0 Å². The molecule has 0 amide bonds. The first-order valence-electron chi connectivity index (χ1n) is 8.20. The van der Waals surface area contributed by atoms with Crippen molar-refractivity contribution in [2.75, 3.05) is 20.6 Å². The Kier molecular flexibility index (Phi) is 4.84. The molecular formula is C18H24N6. The van der Waals surface area contributed by atoms with Crippen LogP contribution in [0.4, 0.5) is 0 Å². The summed E-state index contributed by atoms with van der Waals surface area (Å²) in [6.45, 7) is 3.18. The van der Waals surface area contributed by atoms with Crippen LogP contribution in [0.1, 0.15) is 19.4 Å². The molecule has 3 aromatic rings. The van der Waals surface area contributed by atoms with Gasteiger partial charge >= 0.3 is 0 Å². The zero-order valence-corrected chi connectivity index (χ0v) is 14.4. The average molecular weight is 324 g/mol. The highest BCUT2D eigenvalue weighted by atomic mass is 15.3. The van der Waals surface area contributed by atoms with Crippen LogP contribution in [0.25, 0.3) is 22.2 Å². The molecule has 0 bridgehead atoms. The molecule has 3 heterocycles. The first-order chi connectivity index (χ1) is 11.7. The van der Waals surface area contributed by atoms with Crippen LogP contribution in [-0.4, -0.2) is 45.3 Å². The molecule has 0 spiro atoms. The molecular weight excluding hydrogens is 300 g/mol. The lowest BCUT2D eigenvalue weighted by molar-refractivity contribution is 0.371. The molecule has 0 aliphatic carbocycles. The molecule has 0 radical (unpaired) electrons. The van der Waals surface area contributed by atoms with Crippen molar-refractivity contribution in [1.82, 2.24) is 30.0 Å². The second-order valence-corrected chi connectivity index (χ2v) is 6.03. The first kappa shape index (κ1) is 16.1. The number of rotatable bonds is 7. The minimum Gasteiger partial charge on any atom is -0.393 e. The fourth-order valence-corrected chi connectivity index (χ4v) is 2.73. The SMILES string of the molecule is CN/C=C\N(C)CCC(C)n1cc(-c2ccnc3[nH]ccc23)cn1. The Bertz CT molecular complexity index is 816. The molecule has 0 aliphatic rings. The van der Waals surface area contributed by atoms with Crippen molar-refractivity contribution in [3.63, 3.8) is 0 Å². The summed E-state index contributed by atoms with van der Waals surface area (Å²) in [6, 6.07) is 4.44. The number of aromatic nitrogens is 4. The molecule has 6 heteroatoms. The molecule has 126 valence electrons. The van der Waals surface area contributed by atoms with Gasteiger partial charge in [-0.25, -0.2) is 4.98 Å². The summed E-state index contributed by atoms with van der Waals surface area (Å²) in [4.78, 5) is 9.67. The maximum Gasteiger partial charge on any atom is 0.137 e. The summed E-state index contributed by atoms with van der Waals surface area (Å²) in [5.41, 5.74) is 3.19. The van der Waals surface area contributed by atoms with E-state index in [1.54, 1.807) is 0 Å². The van der Waals surface area contributed by atoms with E-state index in [1.165, 1.54) is 0 Å². The van der Waals surface area contributed by atoms with Gasteiger partial charge in [-0.1, -0.05) is 0 Å². The van der Waals surface area contributed by atoms with Crippen LogP contribution in [0.15, 0.2) is 49.3 Å². The van der Waals surface area contributed by atoms with Gasteiger partial charge in [0, 0.05) is 62.6 Å². The Hall–Kier alpha value is -2.76. The van der Waals surface area contributed by atoms with E-state index in [0.29, 0.717) is 6.04 Å². The largest absolute Gasteiger partial charge is 0.393 e. The summed E-state index contributed by atoms with van der Waals surface area (Å²) in [7, 11) is 3.98. The fourth-order valence-electron chi connectivity index (χ4n) is 2.73. The number of aromatic amines is 1.